The highest BCUT2D eigenvalue weighted by atomic mass is 32.2. The van der Waals surface area contributed by atoms with Gasteiger partial charge in [-0.25, -0.2) is 13.2 Å². The molecule has 7 rings (SSSR count). The van der Waals surface area contributed by atoms with Crippen molar-refractivity contribution in [1.82, 2.24) is 19.6 Å². The molecule has 5 atom stereocenters. The summed E-state index contributed by atoms with van der Waals surface area (Å²) in [7, 11) is -4.19. The molecule has 0 spiro atoms. The Hall–Kier alpha value is -4.86. The number of carbonyl (C=O) groups excluding carboxylic acids is 1. The molecule has 0 bridgehead atoms. The minimum absolute atomic E-state index is 0.0192. The van der Waals surface area contributed by atoms with Crippen molar-refractivity contribution in [2.75, 3.05) is 26.3 Å². The lowest BCUT2D eigenvalue weighted by Gasteiger charge is -2.31. The van der Waals surface area contributed by atoms with Crippen molar-refractivity contribution >= 4 is 44.1 Å². The standard InChI is InChI=1S/C40H45N5O8S/c1-25(2)22-45(23-36(46)35(18-26-8-4-3-5-9-26)44-40(48)53-37-24-52-39-30(37)16-17-51-39)54(49,50)29-14-15-34-31(19-29)32(38(47)43-34)21-41-20-28-13-12-27-10-6-7-11-33(27)42-28/h3-15,19,21,25,30,35-37,39,43,46-47H,16-18,20,22-24H2,1-2H3,(H,44,48)/t30-,35-,36+,37-,39+/m0/s1. The van der Waals surface area contributed by atoms with Crippen LogP contribution in [0.1, 0.15) is 37.1 Å². The van der Waals surface area contributed by atoms with Gasteiger partial charge in [0.15, 0.2) is 12.2 Å². The number of amides is 1. The first kappa shape index (κ1) is 37.5. The Kier molecular flexibility index (Phi) is 11.3. The third-order valence-corrected chi connectivity index (χ3v) is 11.7. The zero-order valence-electron chi connectivity index (χ0n) is 30.2. The summed E-state index contributed by atoms with van der Waals surface area (Å²) in [5, 5.41) is 26.8. The number of H-pyrrole nitrogens is 1. The Morgan fingerprint density at radius 2 is 1.87 bits per heavy atom. The number of fused-ring (bicyclic) bond motifs is 3. The number of sulfonamides is 1. The molecular formula is C40H45N5O8S. The Morgan fingerprint density at radius 3 is 2.69 bits per heavy atom. The first-order valence-corrected chi connectivity index (χ1v) is 19.6. The van der Waals surface area contributed by atoms with E-state index in [4.69, 9.17) is 14.2 Å². The molecule has 2 aliphatic rings. The summed E-state index contributed by atoms with van der Waals surface area (Å²) >= 11 is 0. The quantitative estimate of drug-likeness (QED) is 0.112. The van der Waals surface area contributed by atoms with Gasteiger partial charge in [-0.15, -0.1) is 0 Å². The summed E-state index contributed by atoms with van der Waals surface area (Å²) in [5.74, 6) is -0.299. The van der Waals surface area contributed by atoms with Crippen LogP contribution in [0.5, 0.6) is 5.88 Å². The molecule has 1 amide bonds. The maximum atomic E-state index is 14.4. The normalized spacial score (nSPS) is 19.9. The van der Waals surface area contributed by atoms with Crippen molar-refractivity contribution in [3.63, 3.8) is 0 Å². The van der Waals surface area contributed by atoms with Crippen LogP contribution in [-0.4, -0.2) is 96.1 Å². The third kappa shape index (κ3) is 8.43. The van der Waals surface area contributed by atoms with Gasteiger partial charge in [0.1, 0.15) is 6.10 Å². The van der Waals surface area contributed by atoms with Crippen LogP contribution in [0.15, 0.2) is 94.8 Å². The molecule has 13 nitrogen and oxygen atoms in total. The minimum atomic E-state index is -4.19. The van der Waals surface area contributed by atoms with E-state index in [-0.39, 0.29) is 55.3 Å². The first-order valence-electron chi connectivity index (χ1n) is 18.2. The van der Waals surface area contributed by atoms with Gasteiger partial charge in [0.25, 0.3) is 0 Å². The number of aromatic hydroxyl groups is 1. The van der Waals surface area contributed by atoms with Crippen LogP contribution in [-0.2, 0) is 37.2 Å². The fourth-order valence-corrected chi connectivity index (χ4v) is 8.73. The molecule has 4 heterocycles. The van der Waals surface area contributed by atoms with Crippen molar-refractivity contribution in [3.05, 3.63) is 102 Å². The maximum Gasteiger partial charge on any atom is 0.407 e. The number of aliphatic hydroxyl groups is 1. The van der Waals surface area contributed by atoms with Crippen LogP contribution in [0.4, 0.5) is 4.79 Å². The van der Waals surface area contributed by atoms with Crippen LogP contribution in [0.2, 0.25) is 0 Å². The number of hydrogen-bond donors (Lipinski definition) is 4. The van der Waals surface area contributed by atoms with Gasteiger partial charge in [-0.2, -0.15) is 4.31 Å². The summed E-state index contributed by atoms with van der Waals surface area (Å²) in [6.45, 7) is 4.59. The monoisotopic (exact) mass is 755 g/mol. The number of rotatable bonds is 14. The lowest BCUT2D eigenvalue weighted by molar-refractivity contribution is -0.0907. The topological polar surface area (TPSA) is 176 Å². The van der Waals surface area contributed by atoms with Crippen LogP contribution in [0, 0.1) is 11.8 Å². The smallest absolute Gasteiger partial charge is 0.407 e. The molecule has 5 aromatic rings. The van der Waals surface area contributed by atoms with Crippen LogP contribution >= 0.6 is 0 Å². The number of aliphatic imine (C=N–C) groups is 1. The Labute approximate surface area is 314 Å². The summed E-state index contributed by atoms with van der Waals surface area (Å²) < 4.78 is 46.9. The van der Waals surface area contributed by atoms with Gasteiger partial charge in [0, 0.05) is 35.6 Å². The molecule has 2 aromatic heterocycles. The number of pyridine rings is 1. The number of alkyl carbamates (subject to hydrolysis) is 1. The van der Waals surface area contributed by atoms with Crippen molar-refractivity contribution in [3.8, 4) is 5.88 Å². The molecule has 3 aromatic carbocycles. The van der Waals surface area contributed by atoms with E-state index in [1.807, 2.05) is 80.6 Å². The largest absolute Gasteiger partial charge is 0.494 e. The van der Waals surface area contributed by atoms with Gasteiger partial charge in [-0.3, -0.25) is 9.98 Å². The lowest BCUT2D eigenvalue weighted by atomic mass is 10.0. The number of nitrogens with one attached hydrogen (secondary N) is 2. The van der Waals surface area contributed by atoms with E-state index < -0.39 is 40.7 Å². The second-order valence-electron chi connectivity index (χ2n) is 14.3. The fourth-order valence-electron chi connectivity index (χ4n) is 7.08. The van der Waals surface area contributed by atoms with Crippen molar-refractivity contribution in [2.45, 2.75) is 62.7 Å². The van der Waals surface area contributed by atoms with Gasteiger partial charge < -0.3 is 34.7 Å². The number of para-hydroxylation sites is 1. The van der Waals surface area contributed by atoms with E-state index in [1.54, 1.807) is 6.07 Å². The summed E-state index contributed by atoms with van der Waals surface area (Å²) in [4.78, 5) is 25.3. The molecule has 54 heavy (non-hydrogen) atoms. The highest BCUT2D eigenvalue weighted by Crippen LogP contribution is 2.33. The van der Waals surface area contributed by atoms with Crippen molar-refractivity contribution in [2.24, 2.45) is 16.8 Å². The second kappa shape index (κ2) is 16.2. The lowest BCUT2D eigenvalue weighted by Crippen LogP contribution is -2.51. The highest BCUT2D eigenvalue weighted by Gasteiger charge is 2.44. The summed E-state index contributed by atoms with van der Waals surface area (Å²) in [6.07, 6.45) is -0.460. The van der Waals surface area contributed by atoms with E-state index in [1.165, 1.54) is 22.7 Å². The zero-order valence-corrected chi connectivity index (χ0v) is 31.0. The number of hydrogen-bond acceptors (Lipinski definition) is 10. The summed E-state index contributed by atoms with van der Waals surface area (Å²) in [5.41, 5.74) is 3.31. The maximum absolute atomic E-state index is 14.4. The number of ether oxygens (including phenoxy) is 3. The predicted molar refractivity (Wildman–Crippen MR) is 204 cm³/mol. The second-order valence-corrected chi connectivity index (χ2v) is 16.2. The SMILES string of the molecule is CC(C)CN(C[C@@H](O)[C@H](Cc1ccccc1)NC(=O)O[C@H]1CO[C@H]2OCC[C@H]21)S(=O)(=O)c1ccc2[nH]c(O)c(C=NCc3ccc4ccccc4n3)c2c1. The van der Waals surface area contributed by atoms with Crippen molar-refractivity contribution < 1.29 is 37.6 Å². The molecule has 284 valence electrons. The molecule has 2 fully saturated rings. The van der Waals surface area contributed by atoms with Gasteiger partial charge >= 0.3 is 6.09 Å². The number of carbonyl (C=O) groups is 1. The Balaban J connectivity index is 1.11. The number of aliphatic hydroxyl groups excluding tert-OH is 1. The molecule has 14 heteroatoms. The first-order chi connectivity index (χ1) is 26.0. The molecule has 0 radical (unpaired) electrons. The third-order valence-electron chi connectivity index (χ3n) is 9.83. The van der Waals surface area contributed by atoms with Gasteiger partial charge in [-0.1, -0.05) is 68.4 Å². The van der Waals surface area contributed by atoms with Gasteiger partial charge in [0.2, 0.25) is 10.0 Å². The van der Waals surface area contributed by atoms with E-state index in [2.05, 4.69) is 20.3 Å². The van der Waals surface area contributed by atoms with E-state index in [0.717, 1.165) is 22.2 Å². The predicted octanol–water partition coefficient (Wildman–Crippen LogP) is 5.15. The average molecular weight is 756 g/mol. The Bertz CT molecular complexity index is 2230. The van der Waals surface area contributed by atoms with E-state index >= 15 is 0 Å². The molecule has 0 saturated carbocycles. The fraction of sp³-hybridized carbons (Fsp3) is 0.375. The molecular weight excluding hydrogens is 711 g/mol. The minimum Gasteiger partial charge on any atom is -0.494 e. The van der Waals surface area contributed by atoms with Crippen molar-refractivity contribution in [1.29, 1.82) is 0 Å². The summed E-state index contributed by atoms with van der Waals surface area (Å²) in [6, 6.07) is 24.7. The number of benzene rings is 3. The van der Waals surface area contributed by atoms with E-state index in [9.17, 15) is 23.4 Å². The zero-order chi connectivity index (χ0) is 37.8. The molecule has 4 N–H and O–H groups in total. The molecule has 0 aliphatic carbocycles. The number of aromatic amines is 1. The number of nitrogens with zero attached hydrogens (tertiary/aromatic N) is 3. The van der Waals surface area contributed by atoms with Crippen LogP contribution in [0.25, 0.3) is 21.8 Å². The van der Waals surface area contributed by atoms with Crippen LogP contribution in [0.3, 0.4) is 0 Å². The Morgan fingerprint density at radius 1 is 1.07 bits per heavy atom. The highest BCUT2D eigenvalue weighted by molar-refractivity contribution is 7.89. The molecule has 2 aliphatic heterocycles. The average Bonchev–Trinajstić information content (AvgIpc) is 3.86. The van der Waals surface area contributed by atoms with E-state index in [0.29, 0.717) is 29.5 Å². The molecule has 0 unspecified atom stereocenters. The van der Waals surface area contributed by atoms with Gasteiger partial charge in [-0.05, 0) is 54.7 Å². The van der Waals surface area contributed by atoms with Gasteiger partial charge in [0.05, 0.1) is 59.5 Å². The number of aromatic nitrogens is 2. The van der Waals surface area contributed by atoms with Crippen LogP contribution < -0.4 is 5.32 Å². The molecule has 2 saturated heterocycles.